The highest BCUT2D eigenvalue weighted by Crippen LogP contribution is 2.40. The van der Waals surface area contributed by atoms with Crippen LogP contribution in [0.15, 0.2) is 59.5 Å². The van der Waals surface area contributed by atoms with Crippen LogP contribution in [-0.4, -0.2) is 23.5 Å². The molecular weight excluding hydrogens is 366 g/mol. The zero-order valence-corrected chi connectivity index (χ0v) is 14.2. The summed E-state index contributed by atoms with van der Waals surface area (Å²) in [5, 5.41) is 0. The van der Waals surface area contributed by atoms with Gasteiger partial charge < -0.3 is 0 Å². The van der Waals surface area contributed by atoms with Gasteiger partial charge in [-0.25, -0.2) is 12.7 Å². The number of amides is 1. The molecule has 0 bridgehead atoms. The van der Waals surface area contributed by atoms with Crippen LogP contribution in [0.2, 0.25) is 0 Å². The smallest absolute Gasteiger partial charge is 0.268 e. The standard InChI is InChI=1S/C16H14BrNO3S/c1-11(17)15(12-7-3-2-4-8-12)18-16(19)13-9-5-6-10-14(13)22(18,20)21/h2-11,15H,1H3/t11-,15-/m0/s1. The molecule has 1 aliphatic heterocycles. The van der Waals surface area contributed by atoms with Crippen LogP contribution in [0.25, 0.3) is 0 Å². The van der Waals surface area contributed by atoms with E-state index in [-0.39, 0.29) is 15.3 Å². The van der Waals surface area contributed by atoms with Gasteiger partial charge in [-0.15, -0.1) is 0 Å². The van der Waals surface area contributed by atoms with Crippen LogP contribution in [0.3, 0.4) is 0 Å². The molecule has 2 atom stereocenters. The van der Waals surface area contributed by atoms with Crippen LogP contribution >= 0.6 is 15.9 Å². The lowest BCUT2D eigenvalue weighted by molar-refractivity contribution is 0.0832. The highest BCUT2D eigenvalue weighted by atomic mass is 79.9. The Labute approximate surface area is 137 Å². The van der Waals surface area contributed by atoms with Gasteiger partial charge in [-0.05, 0) is 17.7 Å². The van der Waals surface area contributed by atoms with Crippen molar-refractivity contribution in [3.63, 3.8) is 0 Å². The Kier molecular flexibility index (Phi) is 3.82. The summed E-state index contributed by atoms with van der Waals surface area (Å²) < 4.78 is 26.6. The van der Waals surface area contributed by atoms with Gasteiger partial charge in [0.2, 0.25) is 0 Å². The third kappa shape index (κ3) is 2.27. The fourth-order valence-corrected chi connectivity index (χ4v) is 5.23. The molecule has 1 amide bonds. The van der Waals surface area contributed by atoms with Crippen molar-refractivity contribution >= 4 is 31.9 Å². The second-order valence-corrected chi connectivity index (χ2v) is 8.36. The summed E-state index contributed by atoms with van der Waals surface area (Å²) in [7, 11) is -3.83. The molecule has 0 saturated heterocycles. The van der Waals surface area contributed by atoms with E-state index in [4.69, 9.17) is 0 Å². The second-order valence-electron chi connectivity index (χ2n) is 5.14. The third-order valence-electron chi connectivity index (χ3n) is 3.68. The van der Waals surface area contributed by atoms with Gasteiger partial charge in [-0.3, -0.25) is 4.79 Å². The van der Waals surface area contributed by atoms with Crippen molar-refractivity contribution in [2.45, 2.75) is 22.7 Å². The van der Waals surface area contributed by atoms with Gasteiger partial charge in [-0.1, -0.05) is 65.3 Å². The first-order chi connectivity index (χ1) is 10.4. The minimum Gasteiger partial charge on any atom is -0.268 e. The van der Waals surface area contributed by atoms with Gasteiger partial charge in [0.1, 0.15) is 4.90 Å². The molecule has 0 spiro atoms. The molecule has 4 nitrogen and oxygen atoms in total. The van der Waals surface area contributed by atoms with Crippen LogP contribution in [0.1, 0.15) is 28.9 Å². The molecule has 0 unspecified atom stereocenters. The topological polar surface area (TPSA) is 54.5 Å². The Morgan fingerprint density at radius 3 is 2.18 bits per heavy atom. The van der Waals surface area contributed by atoms with Gasteiger partial charge in [0, 0.05) is 4.83 Å². The molecule has 0 fully saturated rings. The summed E-state index contributed by atoms with van der Waals surface area (Å²) in [6.45, 7) is 1.84. The number of sulfonamides is 1. The number of carbonyl (C=O) groups excluding carboxylic acids is 1. The molecule has 2 aromatic carbocycles. The predicted molar refractivity (Wildman–Crippen MR) is 87.4 cm³/mol. The van der Waals surface area contributed by atoms with Gasteiger partial charge in [0.25, 0.3) is 15.9 Å². The van der Waals surface area contributed by atoms with Gasteiger partial charge >= 0.3 is 0 Å². The van der Waals surface area contributed by atoms with Crippen LogP contribution in [-0.2, 0) is 10.0 Å². The molecule has 0 aliphatic carbocycles. The first-order valence-electron chi connectivity index (χ1n) is 6.81. The largest absolute Gasteiger partial charge is 0.269 e. The average Bonchev–Trinajstić information content (AvgIpc) is 2.70. The molecule has 3 rings (SSSR count). The maximum atomic E-state index is 12.8. The lowest BCUT2D eigenvalue weighted by Crippen LogP contribution is -2.37. The summed E-state index contributed by atoms with van der Waals surface area (Å²) in [5.74, 6) is -0.476. The van der Waals surface area contributed by atoms with Crippen LogP contribution in [0.5, 0.6) is 0 Å². The van der Waals surface area contributed by atoms with Crippen molar-refractivity contribution < 1.29 is 13.2 Å². The third-order valence-corrected chi connectivity index (χ3v) is 6.01. The summed E-state index contributed by atoms with van der Waals surface area (Å²) in [6.07, 6.45) is 0. The molecule has 1 aliphatic rings. The lowest BCUT2D eigenvalue weighted by atomic mass is 10.0. The second kappa shape index (κ2) is 5.52. The molecule has 0 radical (unpaired) electrons. The molecule has 6 heteroatoms. The van der Waals surface area contributed by atoms with Crippen LogP contribution in [0.4, 0.5) is 0 Å². The Morgan fingerprint density at radius 1 is 1.00 bits per heavy atom. The molecule has 22 heavy (non-hydrogen) atoms. The van der Waals surface area contributed by atoms with E-state index in [0.29, 0.717) is 0 Å². The van der Waals surface area contributed by atoms with Crippen LogP contribution < -0.4 is 0 Å². The lowest BCUT2D eigenvalue weighted by Gasteiger charge is -2.29. The zero-order valence-electron chi connectivity index (χ0n) is 11.8. The van der Waals surface area contributed by atoms with E-state index in [1.807, 2.05) is 37.3 Å². The number of fused-ring (bicyclic) bond motifs is 1. The Bertz CT molecular complexity index is 818. The number of rotatable bonds is 3. The summed E-state index contributed by atoms with van der Waals surface area (Å²) >= 11 is 3.45. The fraction of sp³-hybridized carbons (Fsp3) is 0.188. The first kappa shape index (κ1) is 15.2. The van der Waals surface area contributed by atoms with Crippen molar-refractivity contribution in [1.82, 2.24) is 4.31 Å². The molecule has 0 saturated carbocycles. The van der Waals surface area contributed by atoms with E-state index in [2.05, 4.69) is 15.9 Å². The summed E-state index contributed by atoms with van der Waals surface area (Å²) in [5.41, 5.74) is 1.01. The summed E-state index contributed by atoms with van der Waals surface area (Å²) in [4.78, 5) is 12.5. The number of hydrogen-bond donors (Lipinski definition) is 0. The molecular formula is C16H14BrNO3S. The van der Waals surface area contributed by atoms with E-state index < -0.39 is 22.0 Å². The minimum absolute atomic E-state index is 0.0779. The van der Waals surface area contributed by atoms with E-state index in [0.717, 1.165) is 9.87 Å². The fourth-order valence-electron chi connectivity index (χ4n) is 2.72. The quantitative estimate of drug-likeness (QED) is 0.768. The van der Waals surface area contributed by atoms with Gasteiger partial charge in [0.15, 0.2) is 0 Å². The maximum absolute atomic E-state index is 12.8. The predicted octanol–water partition coefficient (Wildman–Crippen LogP) is 3.36. The van der Waals surface area contributed by atoms with Gasteiger partial charge in [-0.2, -0.15) is 0 Å². The van der Waals surface area contributed by atoms with E-state index in [9.17, 15) is 13.2 Å². The number of alkyl halides is 1. The Morgan fingerprint density at radius 2 is 1.59 bits per heavy atom. The van der Waals surface area contributed by atoms with Crippen molar-refractivity contribution in [1.29, 1.82) is 0 Å². The number of benzene rings is 2. The monoisotopic (exact) mass is 379 g/mol. The van der Waals surface area contributed by atoms with E-state index >= 15 is 0 Å². The molecule has 2 aromatic rings. The van der Waals surface area contributed by atoms with Crippen molar-refractivity contribution in [3.05, 3.63) is 65.7 Å². The number of hydrogen-bond acceptors (Lipinski definition) is 3. The SMILES string of the molecule is C[C@H](Br)[C@@H](c1ccccc1)N1C(=O)c2ccccc2S1(=O)=O. The van der Waals surface area contributed by atoms with E-state index in [1.165, 1.54) is 6.07 Å². The number of nitrogens with zero attached hydrogens (tertiary/aromatic N) is 1. The normalized spacial score (nSPS) is 18.8. The van der Waals surface area contributed by atoms with Crippen molar-refractivity contribution in [3.8, 4) is 0 Å². The average molecular weight is 380 g/mol. The van der Waals surface area contributed by atoms with Gasteiger partial charge in [0.05, 0.1) is 11.6 Å². The highest BCUT2D eigenvalue weighted by Gasteiger charge is 2.46. The van der Waals surface area contributed by atoms with Crippen molar-refractivity contribution in [2.24, 2.45) is 0 Å². The first-order valence-corrected chi connectivity index (χ1v) is 9.17. The Hall–Kier alpha value is -1.66. The Balaban J connectivity index is 2.17. The number of halogens is 1. The maximum Gasteiger partial charge on any atom is 0.269 e. The minimum atomic E-state index is -3.83. The van der Waals surface area contributed by atoms with Crippen molar-refractivity contribution in [2.75, 3.05) is 0 Å². The highest BCUT2D eigenvalue weighted by molar-refractivity contribution is 9.09. The molecule has 0 N–H and O–H groups in total. The molecule has 0 aromatic heterocycles. The number of carbonyl (C=O) groups is 1. The zero-order chi connectivity index (χ0) is 15.9. The molecule has 114 valence electrons. The van der Waals surface area contributed by atoms with Crippen LogP contribution in [0, 0.1) is 0 Å². The van der Waals surface area contributed by atoms with E-state index in [1.54, 1.807) is 18.2 Å². The summed E-state index contributed by atoms with van der Waals surface area (Å²) in [6, 6.07) is 14.9. The molecule has 1 heterocycles.